The fourth-order valence-electron chi connectivity index (χ4n) is 1.44. The molecule has 6 heteroatoms. The second kappa shape index (κ2) is 6.68. The Labute approximate surface area is 105 Å². The van der Waals surface area contributed by atoms with Crippen molar-refractivity contribution in [2.75, 3.05) is 19.6 Å². The summed E-state index contributed by atoms with van der Waals surface area (Å²) >= 11 is 0. The molecule has 5 nitrogen and oxygen atoms in total. The predicted molar refractivity (Wildman–Crippen MR) is 64.5 cm³/mol. The topological polar surface area (TPSA) is 62.3 Å². The first-order valence-corrected chi connectivity index (χ1v) is 5.77. The van der Waals surface area contributed by atoms with Crippen molar-refractivity contribution in [3.63, 3.8) is 0 Å². The number of carbonyl (C=O) groups is 2. The molecule has 0 aliphatic carbocycles. The van der Waals surface area contributed by atoms with E-state index in [0.717, 1.165) is 6.07 Å². The molecule has 0 saturated heterocycles. The van der Waals surface area contributed by atoms with Gasteiger partial charge in [0.1, 0.15) is 5.69 Å². The number of hydrogen-bond acceptors (Lipinski definition) is 3. The van der Waals surface area contributed by atoms with Gasteiger partial charge in [-0.3, -0.25) is 9.59 Å². The smallest absolute Gasteiger partial charge is 0.273 e. The van der Waals surface area contributed by atoms with Crippen LogP contribution in [0.2, 0.25) is 0 Å². The molecule has 98 valence electrons. The molecule has 1 heterocycles. The molecule has 1 aromatic rings. The summed E-state index contributed by atoms with van der Waals surface area (Å²) in [5, 5.41) is 2.60. The van der Waals surface area contributed by atoms with Gasteiger partial charge in [0.15, 0.2) is 0 Å². The second-order valence-electron chi connectivity index (χ2n) is 3.62. The first kappa shape index (κ1) is 14.1. The number of rotatable bonds is 5. The minimum Gasteiger partial charge on any atom is -0.355 e. The number of halogens is 1. The van der Waals surface area contributed by atoms with Crippen LogP contribution in [0.25, 0.3) is 0 Å². The number of pyridine rings is 1. The van der Waals surface area contributed by atoms with Gasteiger partial charge in [-0.15, -0.1) is 0 Å². The average molecular weight is 253 g/mol. The molecule has 0 aromatic carbocycles. The predicted octanol–water partition coefficient (Wildman–Crippen LogP) is 0.819. The first-order chi connectivity index (χ1) is 8.58. The number of hydrogen-bond donors (Lipinski definition) is 1. The summed E-state index contributed by atoms with van der Waals surface area (Å²) in [4.78, 5) is 28.2. The molecule has 2 amide bonds. The number of carbonyl (C=O) groups excluding carboxylic acids is 2. The van der Waals surface area contributed by atoms with Crippen LogP contribution in [-0.4, -0.2) is 41.3 Å². The highest BCUT2D eigenvalue weighted by Gasteiger charge is 2.18. The lowest BCUT2D eigenvalue weighted by Crippen LogP contribution is -2.40. The van der Waals surface area contributed by atoms with Gasteiger partial charge in [0.2, 0.25) is 11.9 Å². The SMILES string of the molecule is CCNC(=O)CN(CC)C(=O)c1cccc(F)n1. The minimum atomic E-state index is -0.713. The third kappa shape index (κ3) is 3.80. The summed E-state index contributed by atoms with van der Waals surface area (Å²) in [5.41, 5.74) is 0.00106. The van der Waals surface area contributed by atoms with Gasteiger partial charge in [-0.05, 0) is 26.0 Å². The molecule has 1 rings (SSSR count). The summed E-state index contributed by atoms with van der Waals surface area (Å²) in [6.07, 6.45) is 0. The summed E-state index contributed by atoms with van der Waals surface area (Å²) in [6, 6.07) is 4.00. The highest BCUT2D eigenvalue weighted by Crippen LogP contribution is 2.03. The van der Waals surface area contributed by atoms with Crippen LogP contribution in [-0.2, 0) is 4.79 Å². The number of nitrogens with zero attached hydrogens (tertiary/aromatic N) is 2. The Balaban J connectivity index is 2.76. The Hall–Kier alpha value is -1.98. The van der Waals surface area contributed by atoms with Gasteiger partial charge in [-0.1, -0.05) is 6.07 Å². The van der Waals surface area contributed by atoms with Crippen LogP contribution in [0.1, 0.15) is 24.3 Å². The zero-order valence-corrected chi connectivity index (χ0v) is 10.4. The van der Waals surface area contributed by atoms with Crippen molar-refractivity contribution in [2.24, 2.45) is 0 Å². The van der Waals surface area contributed by atoms with Crippen LogP contribution in [0.5, 0.6) is 0 Å². The number of amides is 2. The lowest BCUT2D eigenvalue weighted by molar-refractivity contribution is -0.121. The molecule has 0 fully saturated rings. The molecule has 0 aliphatic heterocycles. The number of likely N-dealkylation sites (N-methyl/N-ethyl adjacent to an activating group) is 2. The molecular weight excluding hydrogens is 237 g/mol. The van der Waals surface area contributed by atoms with Crippen LogP contribution in [0.4, 0.5) is 4.39 Å². The molecule has 0 spiro atoms. The first-order valence-electron chi connectivity index (χ1n) is 5.77. The van der Waals surface area contributed by atoms with Crippen molar-refractivity contribution >= 4 is 11.8 Å². The highest BCUT2D eigenvalue weighted by molar-refractivity contribution is 5.94. The van der Waals surface area contributed by atoms with Crippen molar-refractivity contribution in [1.29, 1.82) is 0 Å². The van der Waals surface area contributed by atoms with Gasteiger partial charge in [0.25, 0.3) is 5.91 Å². The van der Waals surface area contributed by atoms with Crippen LogP contribution in [0, 0.1) is 5.95 Å². The van der Waals surface area contributed by atoms with E-state index in [9.17, 15) is 14.0 Å². The maximum Gasteiger partial charge on any atom is 0.273 e. The Morgan fingerprint density at radius 2 is 2.11 bits per heavy atom. The van der Waals surface area contributed by atoms with E-state index in [1.165, 1.54) is 17.0 Å². The summed E-state index contributed by atoms with van der Waals surface area (Å²) in [6.45, 7) is 4.35. The van der Waals surface area contributed by atoms with Crippen LogP contribution in [0.15, 0.2) is 18.2 Å². The van der Waals surface area contributed by atoms with Crippen molar-refractivity contribution in [3.8, 4) is 0 Å². The molecule has 0 saturated carbocycles. The van der Waals surface area contributed by atoms with E-state index in [1.807, 2.05) is 0 Å². The third-order valence-corrected chi connectivity index (χ3v) is 2.31. The van der Waals surface area contributed by atoms with Crippen LogP contribution < -0.4 is 5.32 Å². The van der Waals surface area contributed by atoms with E-state index in [2.05, 4.69) is 10.3 Å². The molecule has 0 atom stereocenters. The standard InChI is InChI=1S/C12H16FN3O2/c1-3-14-11(17)8-16(4-2)12(18)9-6-5-7-10(13)15-9/h5-7H,3-4,8H2,1-2H3,(H,14,17). The van der Waals surface area contributed by atoms with Crippen LogP contribution >= 0.6 is 0 Å². The second-order valence-corrected chi connectivity index (χ2v) is 3.62. The van der Waals surface area contributed by atoms with Crippen molar-refractivity contribution in [3.05, 3.63) is 29.8 Å². The monoisotopic (exact) mass is 253 g/mol. The minimum absolute atomic E-state index is 0.00106. The van der Waals surface area contributed by atoms with Gasteiger partial charge in [0, 0.05) is 13.1 Å². The molecule has 0 aliphatic rings. The van der Waals surface area contributed by atoms with Gasteiger partial charge in [-0.2, -0.15) is 4.39 Å². The Bertz CT molecular complexity index is 437. The zero-order valence-electron chi connectivity index (χ0n) is 10.4. The van der Waals surface area contributed by atoms with E-state index < -0.39 is 11.9 Å². The van der Waals surface area contributed by atoms with Crippen molar-refractivity contribution in [2.45, 2.75) is 13.8 Å². The lowest BCUT2D eigenvalue weighted by Gasteiger charge is -2.19. The van der Waals surface area contributed by atoms with E-state index >= 15 is 0 Å². The molecule has 0 unspecified atom stereocenters. The van der Waals surface area contributed by atoms with Gasteiger partial charge in [0.05, 0.1) is 6.54 Å². The number of aromatic nitrogens is 1. The maximum atomic E-state index is 12.9. The van der Waals surface area contributed by atoms with Gasteiger partial charge < -0.3 is 10.2 Å². The Morgan fingerprint density at radius 1 is 1.39 bits per heavy atom. The van der Waals surface area contributed by atoms with Gasteiger partial charge >= 0.3 is 0 Å². The molecule has 1 N–H and O–H groups in total. The molecule has 1 aromatic heterocycles. The largest absolute Gasteiger partial charge is 0.355 e. The van der Waals surface area contributed by atoms with E-state index in [4.69, 9.17) is 0 Å². The number of nitrogens with one attached hydrogen (secondary N) is 1. The molecule has 0 radical (unpaired) electrons. The van der Waals surface area contributed by atoms with E-state index in [0.29, 0.717) is 13.1 Å². The Morgan fingerprint density at radius 3 is 2.67 bits per heavy atom. The van der Waals surface area contributed by atoms with Gasteiger partial charge in [-0.25, -0.2) is 4.98 Å². The lowest BCUT2D eigenvalue weighted by atomic mass is 10.3. The van der Waals surface area contributed by atoms with Crippen LogP contribution in [0.3, 0.4) is 0 Å². The van der Waals surface area contributed by atoms with Crippen molar-refractivity contribution < 1.29 is 14.0 Å². The summed E-state index contributed by atoms with van der Waals surface area (Å²) in [7, 11) is 0. The quantitative estimate of drug-likeness (QED) is 0.790. The molecule has 18 heavy (non-hydrogen) atoms. The Kier molecular flexibility index (Phi) is 5.23. The van der Waals surface area contributed by atoms with E-state index in [-0.39, 0.29) is 18.1 Å². The zero-order chi connectivity index (χ0) is 13.5. The normalized spacial score (nSPS) is 9.94. The molecule has 0 bridgehead atoms. The molecular formula is C12H16FN3O2. The average Bonchev–Trinajstić information content (AvgIpc) is 2.35. The van der Waals surface area contributed by atoms with Crippen molar-refractivity contribution in [1.82, 2.24) is 15.2 Å². The maximum absolute atomic E-state index is 12.9. The summed E-state index contributed by atoms with van der Waals surface area (Å²) < 4.78 is 12.9. The van der Waals surface area contributed by atoms with E-state index in [1.54, 1.807) is 13.8 Å². The fraction of sp³-hybridized carbons (Fsp3) is 0.417. The third-order valence-electron chi connectivity index (χ3n) is 2.31. The fourth-order valence-corrected chi connectivity index (χ4v) is 1.44. The summed E-state index contributed by atoms with van der Waals surface area (Å²) in [5.74, 6) is -1.41. The highest BCUT2D eigenvalue weighted by atomic mass is 19.1.